The molecule has 0 bridgehead atoms. The highest BCUT2D eigenvalue weighted by Crippen LogP contribution is 2.24. The molecule has 1 atom stereocenters. The maximum Gasteiger partial charge on any atom is 0.321 e. The summed E-state index contributed by atoms with van der Waals surface area (Å²) in [5, 5.41) is 14.6. The van der Waals surface area contributed by atoms with Crippen LogP contribution in [-0.2, 0) is 4.79 Å². The highest BCUT2D eigenvalue weighted by Gasteiger charge is 2.18. The summed E-state index contributed by atoms with van der Waals surface area (Å²) in [6, 6.07) is 14.0. The van der Waals surface area contributed by atoms with E-state index in [0.29, 0.717) is 5.75 Å². The van der Waals surface area contributed by atoms with Gasteiger partial charge in [-0.3, -0.25) is 4.79 Å². The van der Waals surface area contributed by atoms with E-state index in [-0.39, 0.29) is 6.04 Å². The quantitative estimate of drug-likeness (QED) is 0.800. The van der Waals surface area contributed by atoms with Gasteiger partial charge in [-0.1, -0.05) is 44.2 Å². The normalized spacial score (nSPS) is 12.8. The zero-order chi connectivity index (χ0) is 14.5. The fourth-order valence-corrected chi connectivity index (χ4v) is 3.00. The summed E-state index contributed by atoms with van der Waals surface area (Å²) in [5.74, 6) is -0.279. The molecule has 0 saturated carbocycles. The van der Waals surface area contributed by atoms with E-state index in [2.05, 4.69) is 29.6 Å². The van der Waals surface area contributed by atoms with Gasteiger partial charge in [-0.25, -0.2) is 0 Å². The van der Waals surface area contributed by atoms with Crippen LogP contribution in [0.1, 0.15) is 13.8 Å². The number of hydrogen-bond acceptors (Lipinski definition) is 3. The minimum absolute atomic E-state index is 0.160. The Bertz CT molecular complexity index is 598. The standard InChI is InChI=1S/C16H19NO2S/c1-11(2)17-15(16(18)19)10-20-14-8-7-12-5-3-4-6-13(12)9-14/h3-9,11,15,17H,10H2,1-2H3,(H,18,19). The molecule has 0 fully saturated rings. The third kappa shape index (κ3) is 3.99. The average molecular weight is 289 g/mol. The zero-order valence-electron chi connectivity index (χ0n) is 11.7. The van der Waals surface area contributed by atoms with Crippen molar-refractivity contribution >= 4 is 28.5 Å². The lowest BCUT2D eigenvalue weighted by Crippen LogP contribution is -2.42. The van der Waals surface area contributed by atoms with E-state index in [9.17, 15) is 9.90 Å². The molecule has 2 aromatic rings. The van der Waals surface area contributed by atoms with E-state index in [4.69, 9.17) is 0 Å². The number of hydrogen-bond donors (Lipinski definition) is 2. The first-order chi connectivity index (χ1) is 9.56. The second-order valence-corrected chi connectivity index (χ2v) is 6.13. The van der Waals surface area contributed by atoms with E-state index < -0.39 is 12.0 Å². The van der Waals surface area contributed by atoms with Crippen molar-refractivity contribution in [2.24, 2.45) is 0 Å². The highest BCUT2D eigenvalue weighted by molar-refractivity contribution is 7.99. The first-order valence-corrected chi connectivity index (χ1v) is 7.65. The Labute approximate surface area is 123 Å². The Kier molecular flexibility index (Phi) is 5.04. The number of aliphatic carboxylic acids is 1. The molecule has 2 aromatic carbocycles. The molecule has 0 amide bonds. The molecule has 0 aliphatic rings. The molecule has 106 valence electrons. The van der Waals surface area contributed by atoms with Crippen LogP contribution in [0.3, 0.4) is 0 Å². The first-order valence-electron chi connectivity index (χ1n) is 6.66. The van der Waals surface area contributed by atoms with Crippen molar-refractivity contribution in [1.82, 2.24) is 5.32 Å². The maximum absolute atomic E-state index is 11.2. The van der Waals surface area contributed by atoms with Crippen LogP contribution in [0.25, 0.3) is 10.8 Å². The van der Waals surface area contributed by atoms with Gasteiger partial charge in [0.05, 0.1) is 0 Å². The van der Waals surface area contributed by atoms with Gasteiger partial charge in [0.2, 0.25) is 0 Å². The van der Waals surface area contributed by atoms with Gasteiger partial charge in [0.1, 0.15) is 6.04 Å². The summed E-state index contributed by atoms with van der Waals surface area (Å²) < 4.78 is 0. The van der Waals surface area contributed by atoms with E-state index in [1.54, 1.807) is 11.8 Å². The van der Waals surface area contributed by atoms with Crippen molar-refractivity contribution in [1.29, 1.82) is 0 Å². The molecule has 20 heavy (non-hydrogen) atoms. The predicted molar refractivity (Wildman–Crippen MR) is 84.4 cm³/mol. The molecule has 0 spiro atoms. The van der Waals surface area contributed by atoms with Crippen LogP contribution in [0.5, 0.6) is 0 Å². The SMILES string of the molecule is CC(C)NC(CSc1ccc2ccccc2c1)C(=O)O. The van der Waals surface area contributed by atoms with Crippen molar-refractivity contribution in [3.63, 3.8) is 0 Å². The summed E-state index contributed by atoms with van der Waals surface area (Å²) in [6.45, 7) is 3.91. The molecule has 4 heteroatoms. The lowest BCUT2D eigenvalue weighted by molar-refractivity contribution is -0.139. The third-order valence-corrected chi connectivity index (χ3v) is 4.06. The molecule has 0 saturated heterocycles. The van der Waals surface area contributed by atoms with Gasteiger partial charge < -0.3 is 10.4 Å². The van der Waals surface area contributed by atoms with Crippen LogP contribution in [0.15, 0.2) is 47.4 Å². The summed E-state index contributed by atoms with van der Waals surface area (Å²) in [7, 11) is 0. The number of carbonyl (C=O) groups is 1. The molecule has 0 heterocycles. The second-order valence-electron chi connectivity index (χ2n) is 5.03. The largest absolute Gasteiger partial charge is 0.480 e. The maximum atomic E-state index is 11.2. The topological polar surface area (TPSA) is 49.3 Å². The summed E-state index contributed by atoms with van der Waals surface area (Å²) in [5.41, 5.74) is 0. The van der Waals surface area contributed by atoms with Gasteiger partial charge >= 0.3 is 5.97 Å². The molecule has 2 N–H and O–H groups in total. The molecule has 1 unspecified atom stereocenters. The van der Waals surface area contributed by atoms with Gasteiger partial charge in [-0.2, -0.15) is 0 Å². The van der Waals surface area contributed by atoms with Crippen LogP contribution in [0.4, 0.5) is 0 Å². The zero-order valence-corrected chi connectivity index (χ0v) is 12.5. The molecule has 2 rings (SSSR count). The van der Waals surface area contributed by atoms with Crippen molar-refractivity contribution < 1.29 is 9.90 Å². The number of carboxylic acids is 1. The van der Waals surface area contributed by atoms with Gasteiger partial charge in [-0.15, -0.1) is 11.8 Å². The van der Waals surface area contributed by atoms with Crippen LogP contribution >= 0.6 is 11.8 Å². The van der Waals surface area contributed by atoms with Gasteiger partial charge in [0.15, 0.2) is 0 Å². The van der Waals surface area contributed by atoms with E-state index in [0.717, 1.165) is 4.90 Å². The first kappa shape index (κ1) is 14.9. The van der Waals surface area contributed by atoms with Crippen molar-refractivity contribution in [3.05, 3.63) is 42.5 Å². The average Bonchev–Trinajstić information content (AvgIpc) is 2.42. The Morgan fingerprint density at radius 1 is 1.20 bits per heavy atom. The van der Waals surface area contributed by atoms with Crippen molar-refractivity contribution in [3.8, 4) is 0 Å². The van der Waals surface area contributed by atoms with E-state index in [1.807, 2.05) is 32.0 Å². The number of benzene rings is 2. The Balaban J connectivity index is 2.05. The van der Waals surface area contributed by atoms with E-state index >= 15 is 0 Å². The number of nitrogens with one attached hydrogen (secondary N) is 1. The molecule has 0 aliphatic carbocycles. The molecular formula is C16H19NO2S. The van der Waals surface area contributed by atoms with Gasteiger partial charge in [0.25, 0.3) is 0 Å². The lowest BCUT2D eigenvalue weighted by Gasteiger charge is -2.16. The molecule has 0 radical (unpaired) electrons. The van der Waals surface area contributed by atoms with E-state index in [1.165, 1.54) is 10.8 Å². The number of fused-ring (bicyclic) bond motifs is 1. The molecule has 3 nitrogen and oxygen atoms in total. The predicted octanol–water partition coefficient (Wildman–Crippen LogP) is 3.38. The Hall–Kier alpha value is -1.52. The molecular weight excluding hydrogens is 270 g/mol. The minimum Gasteiger partial charge on any atom is -0.480 e. The third-order valence-electron chi connectivity index (χ3n) is 2.97. The second kappa shape index (κ2) is 6.77. The Morgan fingerprint density at radius 3 is 2.55 bits per heavy atom. The van der Waals surface area contributed by atoms with Crippen molar-refractivity contribution in [2.75, 3.05) is 5.75 Å². The number of thioether (sulfide) groups is 1. The van der Waals surface area contributed by atoms with Crippen LogP contribution in [-0.4, -0.2) is 28.9 Å². The van der Waals surface area contributed by atoms with Crippen LogP contribution in [0, 0.1) is 0 Å². The fourth-order valence-electron chi connectivity index (χ4n) is 2.03. The molecule has 0 aromatic heterocycles. The number of carboxylic acid groups (broad SMARTS) is 1. The summed E-state index contributed by atoms with van der Waals surface area (Å²) >= 11 is 1.57. The Morgan fingerprint density at radius 2 is 1.90 bits per heavy atom. The minimum atomic E-state index is -0.799. The van der Waals surface area contributed by atoms with Crippen LogP contribution < -0.4 is 5.32 Å². The lowest BCUT2D eigenvalue weighted by atomic mass is 10.1. The fraction of sp³-hybridized carbons (Fsp3) is 0.312. The molecule has 0 aliphatic heterocycles. The van der Waals surface area contributed by atoms with Crippen molar-refractivity contribution in [2.45, 2.75) is 30.8 Å². The highest BCUT2D eigenvalue weighted by atomic mass is 32.2. The van der Waals surface area contributed by atoms with Crippen LogP contribution in [0.2, 0.25) is 0 Å². The smallest absolute Gasteiger partial charge is 0.321 e. The van der Waals surface area contributed by atoms with Gasteiger partial charge in [0, 0.05) is 16.7 Å². The summed E-state index contributed by atoms with van der Waals surface area (Å²) in [4.78, 5) is 12.3. The number of rotatable bonds is 6. The summed E-state index contributed by atoms with van der Waals surface area (Å²) in [6.07, 6.45) is 0. The monoisotopic (exact) mass is 289 g/mol. The van der Waals surface area contributed by atoms with Gasteiger partial charge in [-0.05, 0) is 22.9 Å².